The number of ether oxygens (including phenoxy) is 3. The van der Waals surface area contributed by atoms with Gasteiger partial charge in [-0.3, -0.25) is 14.4 Å². The summed E-state index contributed by atoms with van der Waals surface area (Å²) in [6, 6.07) is 0. The van der Waals surface area contributed by atoms with Crippen molar-refractivity contribution >= 4 is 17.9 Å². The molecule has 1 unspecified atom stereocenters. The summed E-state index contributed by atoms with van der Waals surface area (Å²) in [5, 5.41) is 0. The first-order chi connectivity index (χ1) is 40.5. The Morgan fingerprint density at radius 1 is 0.256 bits per heavy atom. The van der Waals surface area contributed by atoms with E-state index < -0.39 is 6.10 Å². The molecule has 0 saturated carbocycles. The van der Waals surface area contributed by atoms with Gasteiger partial charge in [0, 0.05) is 19.3 Å². The van der Waals surface area contributed by atoms with E-state index in [9.17, 15) is 14.4 Å². The van der Waals surface area contributed by atoms with Crippen molar-refractivity contribution in [2.45, 2.75) is 329 Å². The number of carbonyl (C=O) groups is 3. The van der Waals surface area contributed by atoms with Gasteiger partial charge in [-0.25, -0.2) is 0 Å². The summed E-state index contributed by atoms with van der Waals surface area (Å²) in [6.45, 7) is 6.49. The minimum absolute atomic E-state index is 0.0888. The van der Waals surface area contributed by atoms with E-state index in [0.29, 0.717) is 19.3 Å². The molecule has 6 heteroatoms. The zero-order valence-corrected chi connectivity index (χ0v) is 53.7. The molecule has 0 aromatic heterocycles. The topological polar surface area (TPSA) is 78.9 Å². The smallest absolute Gasteiger partial charge is 0.306 e. The van der Waals surface area contributed by atoms with Crippen molar-refractivity contribution in [3.63, 3.8) is 0 Å². The Labute approximate surface area is 507 Å². The molecule has 468 valence electrons. The first-order valence-corrected chi connectivity index (χ1v) is 34.5. The SMILES string of the molecule is CC/C=C\C/C=C\C/C=C\C/C=C\C/C=C\CCCCCCCCCCCCCC(=O)OCC(COC(=O)CCCCCCCCC/C=C\C/C=C\CCCCCC)OC(=O)CCCCCCCC/C=C\C/C=C\C/C=C\CCCCC. The predicted octanol–water partition coefficient (Wildman–Crippen LogP) is 23.9. The Hall–Kier alpha value is -4.19. The van der Waals surface area contributed by atoms with Crippen LogP contribution in [0.5, 0.6) is 0 Å². The summed E-state index contributed by atoms with van der Waals surface area (Å²) in [4.78, 5) is 38.5. The lowest BCUT2D eigenvalue weighted by atomic mass is 10.0. The van der Waals surface area contributed by atoms with Crippen LogP contribution in [-0.4, -0.2) is 37.2 Å². The second kappa shape index (κ2) is 69.3. The highest BCUT2D eigenvalue weighted by Crippen LogP contribution is 2.16. The monoisotopic (exact) mass is 1140 g/mol. The normalized spacial score (nSPS) is 12.9. The predicted molar refractivity (Wildman–Crippen MR) is 357 cm³/mol. The molecule has 0 amide bonds. The minimum Gasteiger partial charge on any atom is -0.462 e. The van der Waals surface area contributed by atoms with E-state index in [-0.39, 0.29) is 31.1 Å². The molecule has 6 nitrogen and oxygen atoms in total. The average molecular weight is 1140 g/mol. The third-order valence-corrected chi connectivity index (χ3v) is 14.7. The van der Waals surface area contributed by atoms with Gasteiger partial charge in [0.05, 0.1) is 0 Å². The Balaban J connectivity index is 4.39. The summed E-state index contributed by atoms with van der Waals surface area (Å²) in [5.74, 6) is -0.902. The average Bonchev–Trinajstić information content (AvgIpc) is 3.47. The van der Waals surface area contributed by atoms with Crippen LogP contribution in [0.2, 0.25) is 0 Å². The largest absolute Gasteiger partial charge is 0.462 e. The highest BCUT2D eigenvalue weighted by Gasteiger charge is 2.19. The molecule has 0 heterocycles. The van der Waals surface area contributed by atoms with Gasteiger partial charge in [-0.2, -0.15) is 0 Å². The standard InChI is InChI=1S/C76H128O6/c1-4-7-10-13-16-19-22-25-28-31-34-35-36-37-38-39-40-41-43-45-48-51-54-57-60-63-66-69-75(78)81-72-73(71-80-74(77)68-65-62-59-56-53-50-47-44-33-30-27-24-21-18-15-12-9-6-3)82-76(79)70-67-64-61-58-55-52-49-46-42-32-29-26-23-20-17-14-11-8-5-2/h7,10,16-17,19-21,24-26,28-30,33-35,37-38,42,46,73H,4-6,8-9,11-15,18,22-23,27,31-32,36,39-41,43-45,47-72H2,1-3H3/b10-7-,19-16-,20-17-,24-21-,28-25-,29-26-,33-30-,35-34-,38-37-,46-42-. The minimum atomic E-state index is -0.795. The number of esters is 3. The maximum absolute atomic E-state index is 13.0. The first-order valence-electron chi connectivity index (χ1n) is 34.5. The second-order valence-corrected chi connectivity index (χ2v) is 22.7. The fourth-order valence-electron chi connectivity index (χ4n) is 9.51. The maximum Gasteiger partial charge on any atom is 0.306 e. The number of carbonyl (C=O) groups excluding carboxylic acids is 3. The lowest BCUT2D eigenvalue weighted by molar-refractivity contribution is -0.167. The lowest BCUT2D eigenvalue weighted by Gasteiger charge is -2.18. The second-order valence-electron chi connectivity index (χ2n) is 22.7. The van der Waals surface area contributed by atoms with Crippen LogP contribution in [-0.2, 0) is 28.6 Å². The van der Waals surface area contributed by atoms with Crippen molar-refractivity contribution in [2.24, 2.45) is 0 Å². The number of rotatable bonds is 62. The Morgan fingerprint density at radius 2 is 0.476 bits per heavy atom. The van der Waals surface area contributed by atoms with Crippen molar-refractivity contribution in [1.29, 1.82) is 0 Å². The van der Waals surface area contributed by atoms with Gasteiger partial charge in [0.2, 0.25) is 0 Å². The highest BCUT2D eigenvalue weighted by molar-refractivity contribution is 5.71. The van der Waals surface area contributed by atoms with Crippen LogP contribution in [0.1, 0.15) is 323 Å². The molecule has 0 aliphatic heterocycles. The van der Waals surface area contributed by atoms with Gasteiger partial charge in [-0.15, -0.1) is 0 Å². The molecule has 0 bridgehead atoms. The van der Waals surface area contributed by atoms with Gasteiger partial charge in [-0.1, -0.05) is 290 Å². The molecule has 0 fully saturated rings. The lowest BCUT2D eigenvalue weighted by Crippen LogP contribution is -2.30. The van der Waals surface area contributed by atoms with Crippen LogP contribution < -0.4 is 0 Å². The molecule has 0 aromatic carbocycles. The van der Waals surface area contributed by atoms with Crippen molar-refractivity contribution in [3.8, 4) is 0 Å². The molecule has 0 spiro atoms. The summed E-state index contributed by atoms with van der Waals surface area (Å²) >= 11 is 0. The van der Waals surface area contributed by atoms with E-state index in [0.717, 1.165) is 128 Å². The van der Waals surface area contributed by atoms with Crippen LogP contribution >= 0.6 is 0 Å². The number of hydrogen-bond acceptors (Lipinski definition) is 6. The number of allylic oxidation sites excluding steroid dienone is 20. The molecule has 0 N–H and O–H groups in total. The fraction of sp³-hybridized carbons (Fsp3) is 0.697. The Bertz CT molecular complexity index is 1690. The molecule has 0 radical (unpaired) electrons. The quantitative estimate of drug-likeness (QED) is 0.0261. The Morgan fingerprint density at radius 3 is 0.768 bits per heavy atom. The van der Waals surface area contributed by atoms with Gasteiger partial charge in [0.25, 0.3) is 0 Å². The van der Waals surface area contributed by atoms with Gasteiger partial charge in [0.15, 0.2) is 6.10 Å². The van der Waals surface area contributed by atoms with Crippen LogP contribution in [0, 0.1) is 0 Å². The molecule has 0 aromatic rings. The van der Waals surface area contributed by atoms with Crippen LogP contribution in [0.3, 0.4) is 0 Å². The molecule has 82 heavy (non-hydrogen) atoms. The summed E-state index contributed by atoms with van der Waals surface area (Å²) < 4.78 is 17.0. The van der Waals surface area contributed by atoms with Crippen molar-refractivity contribution in [2.75, 3.05) is 13.2 Å². The molecular formula is C76H128O6. The van der Waals surface area contributed by atoms with Crippen LogP contribution in [0.15, 0.2) is 122 Å². The summed E-state index contributed by atoms with van der Waals surface area (Å²) in [6.07, 6.45) is 96.3. The molecule has 0 saturated heterocycles. The molecule has 1 atom stereocenters. The third kappa shape index (κ3) is 66.6. The fourth-order valence-corrected chi connectivity index (χ4v) is 9.51. The molecular weight excluding hydrogens is 1010 g/mol. The number of hydrogen-bond donors (Lipinski definition) is 0. The zero-order valence-electron chi connectivity index (χ0n) is 53.7. The van der Waals surface area contributed by atoms with Crippen molar-refractivity contribution in [3.05, 3.63) is 122 Å². The molecule has 0 aliphatic rings. The first kappa shape index (κ1) is 77.8. The van der Waals surface area contributed by atoms with Crippen molar-refractivity contribution in [1.82, 2.24) is 0 Å². The molecule has 0 aliphatic carbocycles. The zero-order chi connectivity index (χ0) is 59.2. The van der Waals surface area contributed by atoms with Gasteiger partial charge >= 0.3 is 17.9 Å². The number of unbranched alkanes of at least 4 members (excludes halogenated alkanes) is 31. The summed E-state index contributed by atoms with van der Waals surface area (Å²) in [7, 11) is 0. The van der Waals surface area contributed by atoms with Crippen LogP contribution in [0.25, 0.3) is 0 Å². The van der Waals surface area contributed by atoms with Gasteiger partial charge in [0.1, 0.15) is 13.2 Å². The van der Waals surface area contributed by atoms with E-state index in [1.807, 2.05) is 0 Å². The van der Waals surface area contributed by atoms with E-state index in [4.69, 9.17) is 14.2 Å². The van der Waals surface area contributed by atoms with Gasteiger partial charge in [-0.05, 0) is 135 Å². The summed E-state index contributed by atoms with van der Waals surface area (Å²) in [5.41, 5.74) is 0. The van der Waals surface area contributed by atoms with E-state index in [1.54, 1.807) is 0 Å². The third-order valence-electron chi connectivity index (χ3n) is 14.7. The van der Waals surface area contributed by atoms with Crippen LogP contribution in [0.4, 0.5) is 0 Å². The maximum atomic E-state index is 13.0. The van der Waals surface area contributed by atoms with Gasteiger partial charge < -0.3 is 14.2 Å². The van der Waals surface area contributed by atoms with E-state index >= 15 is 0 Å². The molecule has 0 rings (SSSR count). The van der Waals surface area contributed by atoms with E-state index in [2.05, 4.69) is 142 Å². The van der Waals surface area contributed by atoms with Crippen molar-refractivity contribution < 1.29 is 28.6 Å². The van der Waals surface area contributed by atoms with E-state index in [1.165, 1.54) is 154 Å². The Kier molecular flexibility index (Phi) is 65.8. The highest BCUT2D eigenvalue weighted by atomic mass is 16.6.